The second-order valence-corrected chi connectivity index (χ2v) is 8.76. The van der Waals surface area contributed by atoms with E-state index in [9.17, 15) is 23.0 Å². The molecule has 10 heteroatoms. The first-order chi connectivity index (χ1) is 18.4. The molecular weight excluding hydrogens is 491 g/mol. The Morgan fingerprint density at radius 3 is 2.21 bits per heavy atom. The highest BCUT2D eigenvalue weighted by Crippen LogP contribution is 2.35. The first-order valence-corrected chi connectivity index (χ1v) is 12.1. The predicted octanol–water partition coefficient (Wildman–Crippen LogP) is 5.33. The Morgan fingerprint density at radius 1 is 0.947 bits per heavy atom. The molecule has 2 aromatic carbocycles. The van der Waals surface area contributed by atoms with Gasteiger partial charge in [0, 0.05) is 41.9 Å². The lowest BCUT2D eigenvalue weighted by molar-refractivity contribution is -0.197. The molecule has 1 aromatic heterocycles. The molecule has 0 unspecified atom stereocenters. The number of carbonyl (C=O) groups excluding carboxylic acids is 3. The zero-order valence-electron chi connectivity index (χ0n) is 20.2. The lowest BCUT2D eigenvalue weighted by Gasteiger charge is -2.12. The Labute approximate surface area is 217 Å². The minimum Gasteiger partial charge on any atom is -0.330 e. The van der Waals surface area contributed by atoms with Crippen molar-refractivity contribution < 1.29 is 27.9 Å². The minimum atomic E-state index is -2.80. The summed E-state index contributed by atoms with van der Waals surface area (Å²) in [5.74, 6) is -1.82. The molecule has 2 aliphatic rings. The summed E-state index contributed by atoms with van der Waals surface area (Å²) in [6, 6.07) is 20.0. The van der Waals surface area contributed by atoms with Gasteiger partial charge in [-0.25, -0.2) is 4.79 Å². The second kappa shape index (κ2) is 10.8. The van der Waals surface area contributed by atoms with Gasteiger partial charge in [0.2, 0.25) is 0 Å². The number of aromatic nitrogens is 1. The summed E-state index contributed by atoms with van der Waals surface area (Å²) in [5, 5.41) is 0.508. The van der Waals surface area contributed by atoms with Crippen LogP contribution in [0.25, 0.3) is 28.5 Å². The van der Waals surface area contributed by atoms with Crippen LogP contribution >= 0.6 is 0 Å². The van der Waals surface area contributed by atoms with Crippen molar-refractivity contribution in [3.63, 3.8) is 0 Å². The maximum absolute atomic E-state index is 14.5. The summed E-state index contributed by atoms with van der Waals surface area (Å²) in [6.45, 7) is 0. The number of carbonyl (C=O) groups is 3. The van der Waals surface area contributed by atoms with Gasteiger partial charge in [0.05, 0.1) is 12.1 Å². The molecule has 0 radical (unpaired) electrons. The average Bonchev–Trinajstić information content (AvgIpc) is 3.62. The number of amides is 2. The first-order valence-electron chi connectivity index (χ1n) is 12.1. The van der Waals surface area contributed by atoms with Crippen LogP contribution in [0.3, 0.4) is 0 Å². The molecule has 5 rings (SSSR count). The fourth-order valence-corrected chi connectivity index (χ4v) is 4.39. The van der Waals surface area contributed by atoms with Crippen LogP contribution in [-0.4, -0.2) is 40.4 Å². The van der Waals surface area contributed by atoms with Gasteiger partial charge in [-0.05, 0) is 35.4 Å². The van der Waals surface area contributed by atoms with Crippen LogP contribution in [0.1, 0.15) is 31.4 Å². The smallest absolute Gasteiger partial charge is 0.330 e. The third-order valence-electron chi connectivity index (χ3n) is 6.21. The van der Waals surface area contributed by atoms with Gasteiger partial charge in [0.25, 0.3) is 11.8 Å². The van der Waals surface area contributed by atoms with E-state index in [-0.39, 0.29) is 25.7 Å². The van der Waals surface area contributed by atoms with Gasteiger partial charge in [-0.1, -0.05) is 60.7 Å². The van der Waals surface area contributed by atoms with Crippen molar-refractivity contribution in [3.8, 4) is 22.4 Å². The van der Waals surface area contributed by atoms with E-state index in [1.165, 1.54) is 0 Å². The Morgan fingerprint density at radius 2 is 1.58 bits per heavy atom. The van der Waals surface area contributed by atoms with Crippen molar-refractivity contribution in [1.82, 2.24) is 9.54 Å². The van der Waals surface area contributed by atoms with Gasteiger partial charge in [0.1, 0.15) is 0 Å². The maximum atomic E-state index is 14.5. The lowest BCUT2D eigenvalue weighted by atomic mass is 10.0. The van der Waals surface area contributed by atoms with Gasteiger partial charge in [0.15, 0.2) is 0 Å². The minimum absolute atomic E-state index is 0.0208. The van der Waals surface area contributed by atoms with Crippen LogP contribution < -0.4 is 0 Å². The highest BCUT2D eigenvalue weighted by atomic mass is 19.2. The van der Waals surface area contributed by atoms with Gasteiger partial charge in [-0.15, -0.1) is 5.06 Å². The number of halogens is 2. The second-order valence-electron chi connectivity index (χ2n) is 8.76. The van der Waals surface area contributed by atoms with Crippen molar-refractivity contribution in [1.29, 1.82) is 0 Å². The number of aliphatic imine (C=N–C) groups is 1. The van der Waals surface area contributed by atoms with E-state index in [2.05, 4.69) is 4.99 Å². The lowest BCUT2D eigenvalue weighted by Crippen LogP contribution is -2.32. The van der Waals surface area contributed by atoms with Gasteiger partial charge in [-0.2, -0.15) is 0 Å². The molecule has 0 spiro atoms. The van der Waals surface area contributed by atoms with E-state index in [4.69, 9.17) is 4.84 Å². The molecule has 3 heterocycles. The molecule has 0 N–H and O–H groups in total. The summed E-state index contributed by atoms with van der Waals surface area (Å²) in [7, 11) is -2.80. The normalized spacial score (nSPS) is 15.9. The van der Waals surface area contributed by atoms with Crippen molar-refractivity contribution in [2.75, 3.05) is 0 Å². The molecule has 2 aliphatic heterocycles. The summed E-state index contributed by atoms with van der Waals surface area (Å²) >= 11 is 0. The van der Waals surface area contributed by atoms with E-state index in [0.29, 0.717) is 39.0 Å². The Balaban J connectivity index is 1.42. The molecule has 1 fully saturated rings. The monoisotopic (exact) mass is 513 g/mol. The van der Waals surface area contributed by atoms with Crippen LogP contribution in [0.4, 0.5) is 8.63 Å². The predicted molar refractivity (Wildman–Crippen MR) is 140 cm³/mol. The van der Waals surface area contributed by atoms with Gasteiger partial charge < -0.3 is 9.32 Å². The van der Waals surface area contributed by atoms with Crippen LogP contribution in [0.15, 0.2) is 89.6 Å². The summed E-state index contributed by atoms with van der Waals surface area (Å²) in [6.07, 6.45) is 5.12. The maximum Gasteiger partial charge on any atom is 0.678 e. The SMILES string of the molecule is O=C(CCC1=N/C(=C\c2c(-c3ccccc3)cc(-c3ccccc3)n2B(F)F)C=C1)ON1C(=O)CCC1=O. The Hall–Kier alpha value is -4.60. The number of nitrogens with zero attached hydrogens (tertiary/aromatic N) is 3. The average molecular weight is 513 g/mol. The van der Waals surface area contributed by atoms with Crippen LogP contribution in [0.2, 0.25) is 0 Å². The van der Waals surface area contributed by atoms with Crippen molar-refractivity contribution >= 4 is 37.0 Å². The van der Waals surface area contributed by atoms with Crippen LogP contribution in [-0.2, 0) is 19.2 Å². The Kier molecular flexibility index (Phi) is 7.12. The number of hydroxylamine groups is 2. The first kappa shape index (κ1) is 25.1. The summed E-state index contributed by atoms with van der Waals surface area (Å²) < 4.78 is 29.9. The standard InChI is InChI=1S/C28H22BF2N3O4/c30-29(31)33-24(20-9-5-2-6-10-20)18-23(19-7-3-1-4-8-19)25(33)17-22-12-11-21(32-22)13-16-28(37)38-34-26(35)14-15-27(34)36/h1-12,17-18H,13-16H2/b22-17-. The molecule has 3 aromatic rings. The van der Waals surface area contributed by atoms with Crippen molar-refractivity contribution in [3.05, 3.63) is 90.3 Å². The third kappa shape index (κ3) is 5.24. The molecule has 7 nitrogen and oxygen atoms in total. The highest BCUT2D eigenvalue weighted by Gasteiger charge is 2.33. The van der Waals surface area contributed by atoms with E-state index in [1.54, 1.807) is 48.6 Å². The number of benzene rings is 2. The van der Waals surface area contributed by atoms with Crippen LogP contribution in [0, 0.1) is 0 Å². The molecule has 0 bridgehead atoms. The zero-order valence-corrected chi connectivity index (χ0v) is 20.2. The van der Waals surface area contributed by atoms with E-state index < -0.39 is 25.2 Å². The zero-order chi connectivity index (χ0) is 26.6. The molecule has 0 saturated carbocycles. The van der Waals surface area contributed by atoms with E-state index >= 15 is 0 Å². The molecule has 0 atom stereocenters. The molecule has 1 saturated heterocycles. The molecule has 0 aliphatic carbocycles. The molecule has 38 heavy (non-hydrogen) atoms. The summed E-state index contributed by atoms with van der Waals surface area (Å²) in [4.78, 5) is 44.8. The largest absolute Gasteiger partial charge is 0.678 e. The quantitative estimate of drug-likeness (QED) is 0.301. The fraction of sp³-hybridized carbons (Fsp3) is 0.143. The summed E-state index contributed by atoms with van der Waals surface area (Å²) in [5.41, 5.74) is 3.77. The third-order valence-corrected chi connectivity index (χ3v) is 6.21. The molecule has 190 valence electrons. The topological polar surface area (TPSA) is 81.0 Å². The van der Waals surface area contributed by atoms with Crippen molar-refractivity contribution in [2.24, 2.45) is 4.99 Å². The number of hydrogen-bond acceptors (Lipinski definition) is 5. The van der Waals surface area contributed by atoms with E-state index in [0.717, 1.165) is 10.0 Å². The highest BCUT2D eigenvalue weighted by molar-refractivity contribution is 6.42. The Bertz CT molecular complexity index is 1460. The fourth-order valence-electron chi connectivity index (χ4n) is 4.39. The molecule has 2 amide bonds. The number of allylic oxidation sites excluding steroid dienone is 2. The van der Waals surface area contributed by atoms with Gasteiger partial charge >= 0.3 is 13.4 Å². The molecular formula is C28H22BF2N3O4. The van der Waals surface area contributed by atoms with Crippen LogP contribution in [0.5, 0.6) is 0 Å². The van der Waals surface area contributed by atoms with E-state index in [1.807, 2.05) is 36.4 Å². The number of imide groups is 1. The van der Waals surface area contributed by atoms with Gasteiger partial charge in [-0.3, -0.25) is 23.2 Å². The number of rotatable bonds is 8. The number of hydrogen-bond donors (Lipinski definition) is 0. The van der Waals surface area contributed by atoms with Crippen molar-refractivity contribution in [2.45, 2.75) is 25.7 Å².